The molecule has 0 amide bonds. The van der Waals surface area contributed by atoms with Crippen LogP contribution in [-0.2, 0) is 10.8 Å². The Labute approximate surface area is 374 Å². The first kappa shape index (κ1) is 41.9. The summed E-state index contributed by atoms with van der Waals surface area (Å²) in [4.78, 5) is 14.4. The summed E-state index contributed by atoms with van der Waals surface area (Å²) in [6.45, 7) is 28.1. The lowest BCUT2D eigenvalue weighted by atomic mass is 9.81. The lowest BCUT2D eigenvalue weighted by molar-refractivity contribution is 0.483. The molecule has 4 heterocycles. The minimum atomic E-state index is -0.00499. The molecule has 0 aliphatic carbocycles. The van der Waals surface area contributed by atoms with Gasteiger partial charge in [0.2, 0.25) is 0 Å². The van der Waals surface area contributed by atoms with Crippen molar-refractivity contribution in [2.24, 2.45) is 0 Å². The highest BCUT2D eigenvalue weighted by Gasteiger charge is 2.33. The number of para-hydroxylation sites is 1. The van der Waals surface area contributed by atoms with Crippen molar-refractivity contribution in [2.75, 3.05) is 16.5 Å². The van der Waals surface area contributed by atoms with E-state index in [0.29, 0.717) is 18.5 Å². The summed E-state index contributed by atoms with van der Waals surface area (Å²) in [6.07, 6.45) is 5.85. The van der Waals surface area contributed by atoms with Crippen molar-refractivity contribution >= 4 is 44.6 Å². The topological polar surface area (TPSA) is 46.4 Å². The second-order valence-corrected chi connectivity index (χ2v) is 20.2. The third-order valence-electron chi connectivity index (χ3n) is 12.9. The van der Waals surface area contributed by atoms with E-state index in [9.17, 15) is 0 Å². The SMILES string of the molecule is Cc1cc(C(C)(C)C)cc(C)c1-c1cc(C(C)C)c(N2CN(c3cccc(Oc4ccc5c6ccccc6n(-c6cc(C(C)(C)C)ccn6)c5c4)c3)c3ccncc32)c(C(C)C)c1. The highest BCUT2D eigenvalue weighted by Crippen LogP contribution is 2.50. The Morgan fingerprint density at radius 1 is 0.587 bits per heavy atom. The van der Waals surface area contributed by atoms with Gasteiger partial charge in [0.1, 0.15) is 24.0 Å². The van der Waals surface area contributed by atoms with Gasteiger partial charge < -0.3 is 14.5 Å². The molecule has 9 rings (SSSR count). The normalized spacial score (nSPS) is 13.2. The molecule has 1 aliphatic heterocycles. The molecule has 5 aromatic carbocycles. The van der Waals surface area contributed by atoms with Gasteiger partial charge in [0, 0.05) is 46.7 Å². The zero-order valence-corrected chi connectivity index (χ0v) is 39.1. The largest absolute Gasteiger partial charge is 0.457 e. The zero-order valence-electron chi connectivity index (χ0n) is 39.1. The maximum atomic E-state index is 6.77. The summed E-state index contributed by atoms with van der Waals surface area (Å²) in [5, 5.41) is 2.35. The van der Waals surface area contributed by atoms with Gasteiger partial charge in [-0.15, -0.1) is 0 Å². The number of ether oxygens (including phenoxy) is 1. The number of nitrogens with zero attached hydrogens (tertiary/aromatic N) is 5. The predicted molar refractivity (Wildman–Crippen MR) is 265 cm³/mol. The van der Waals surface area contributed by atoms with E-state index in [-0.39, 0.29) is 10.8 Å². The number of rotatable bonds is 8. The summed E-state index contributed by atoms with van der Waals surface area (Å²) in [6, 6.07) is 39.6. The van der Waals surface area contributed by atoms with Crippen molar-refractivity contribution in [3.05, 3.63) is 161 Å². The van der Waals surface area contributed by atoms with Crippen molar-refractivity contribution < 1.29 is 4.74 Å². The van der Waals surface area contributed by atoms with Crippen molar-refractivity contribution in [1.82, 2.24) is 14.5 Å². The van der Waals surface area contributed by atoms with E-state index in [2.05, 4.69) is 206 Å². The van der Waals surface area contributed by atoms with E-state index >= 15 is 0 Å². The summed E-state index contributed by atoms with van der Waals surface area (Å²) in [5.41, 5.74) is 17.4. The molecule has 0 saturated heterocycles. The van der Waals surface area contributed by atoms with Gasteiger partial charge in [0.25, 0.3) is 0 Å². The fraction of sp³-hybridized carbons (Fsp3) is 0.298. The zero-order chi connectivity index (χ0) is 44.5. The van der Waals surface area contributed by atoms with Crippen molar-refractivity contribution in [3.8, 4) is 28.4 Å². The third kappa shape index (κ3) is 7.64. The second-order valence-electron chi connectivity index (χ2n) is 20.2. The van der Waals surface area contributed by atoms with E-state index in [0.717, 1.165) is 50.8 Å². The molecule has 320 valence electrons. The van der Waals surface area contributed by atoms with E-state index < -0.39 is 0 Å². The number of pyridine rings is 2. The Bertz CT molecular complexity index is 2980. The molecule has 0 N–H and O–H groups in total. The smallest absolute Gasteiger partial charge is 0.137 e. The number of fused-ring (bicyclic) bond motifs is 4. The molecule has 63 heavy (non-hydrogen) atoms. The van der Waals surface area contributed by atoms with Crippen LogP contribution in [0.5, 0.6) is 11.5 Å². The number of aromatic nitrogens is 3. The molecule has 6 heteroatoms. The lowest BCUT2D eigenvalue weighted by Crippen LogP contribution is -2.26. The van der Waals surface area contributed by atoms with Crippen molar-refractivity contribution in [2.45, 2.75) is 106 Å². The summed E-state index contributed by atoms with van der Waals surface area (Å²) < 4.78 is 9.03. The Balaban J connectivity index is 1.09. The first-order chi connectivity index (χ1) is 30.0. The predicted octanol–water partition coefficient (Wildman–Crippen LogP) is 15.7. The molecule has 3 aromatic heterocycles. The van der Waals surface area contributed by atoms with E-state index in [1.165, 1.54) is 55.6 Å². The summed E-state index contributed by atoms with van der Waals surface area (Å²) in [7, 11) is 0. The average molecular weight is 832 g/mol. The van der Waals surface area contributed by atoms with Gasteiger partial charge in [0.15, 0.2) is 0 Å². The molecule has 0 atom stereocenters. The Kier molecular flexibility index (Phi) is 10.5. The van der Waals surface area contributed by atoms with Gasteiger partial charge in [-0.3, -0.25) is 9.55 Å². The van der Waals surface area contributed by atoms with Gasteiger partial charge in [-0.1, -0.05) is 106 Å². The quantitative estimate of drug-likeness (QED) is 0.153. The van der Waals surface area contributed by atoms with Gasteiger partial charge >= 0.3 is 0 Å². The lowest BCUT2D eigenvalue weighted by Gasteiger charge is -2.30. The highest BCUT2D eigenvalue weighted by molar-refractivity contribution is 6.09. The molecule has 6 nitrogen and oxygen atoms in total. The monoisotopic (exact) mass is 831 g/mol. The van der Waals surface area contributed by atoms with E-state index in [1.807, 2.05) is 24.7 Å². The van der Waals surface area contributed by atoms with E-state index in [4.69, 9.17) is 9.72 Å². The van der Waals surface area contributed by atoms with Crippen LogP contribution in [0, 0.1) is 13.8 Å². The van der Waals surface area contributed by atoms with Crippen LogP contribution in [0.1, 0.15) is 114 Å². The number of aryl methyl sites for hydroxylation is 2. The van der Waals surface area contributed by atoms with Gasteiger partial charge in [0.05, 0.1) is 28.6 Å². The molecule has 0 fully saturated rings. The minimum absolute atomic E-state index is 0.00499. The highest BCUT2D eigenvalue weighted by atomic mass is 16.5. The van der Waals surface area contributed by atoms with Crippen LogP contribution < -0.4 is 14.5 Å². The Morgan fingerprint density at radius 3 is 1.94 bits per heavy atom. The molecular formula is C57H61N5O. The van der Waals surface area contributed by atoms with E-state index in [1.54, 1.807) is 0 Å². The number of benzene rings is 5. The van der Waals surface area contributed by atoms with Gasteiger partial charge in [-0.2, -0.15) is 0 Å². The Morgan fingerprint density at radius 2 is 1.25 bits per heavy atom. The van der Waals surface area contributed by atoms with Crippen LogP contribution in [-0.4, -0.2) is 21.2 Å². The van der Waals surface area contributed by atoms with Crippen LogP contribution in [0.4, 0.5) is 22.7 Å². The number of hydrogen-bond acceptors (Lipinski definition) is 5. The molecular weight excluding hydrogens is 771 g/mol. The van der Waals surface area contributed by atoms with Crippen LogP contribution >= 0.6 is 0 Å². The van der Waals surface area contributed by atoms with Crippen molar-refractivity contribution in [1.29, 1.82) is 0 Å². The fourth-order valence-electron chi connectivity index (χ4n) is 9.51. The molecule has 0 saturated carbocycles. The molecule has 0 unspecified atom stereocenters. The second kappa shape index (κ2) is 15.7. The summed E-state index contributed by atoms with van der Waals surface area (Å²) >= 11 is 0. The van der Waals surface area contributed by atoms with Crippen LogP contribution in [0.2, 0.25) is 0 Å². The standard InChI is InChI=1S/C57H61N5O/c1-35(2)47-28-39(54-37(5)26-41(27-38(54)6)57(10,11)12)29-48(36(3)4)55(47)61-34-60(50-23-24-58-33-52(50)61)42-16-15-17-43(31-42)63-44-20-21-46-45-18-13-14-19-49(45)62(51(46)32-44)53-30-40(22-25-59-53)56(7,8)9/h13-33,35-36H,34H2,1-12H3. The van der Waals surface area contributed by atoms with Crippen LogP contribution in [0.3, 0.4) is 0 Å². The Hall–Kier alpha value is -6.40. The van der Waals surface area contributed by atoms with Gasteiger partial charge in [-0.25, -0.2) is 4.98 Å². The first-order valence-electron chi connectivity index (χ1n) is 22.5. The third-order valence-corrected chi connectivity index (χ3v) is 12.9. The molecule has 0 radical (unpaired) electrons. The van der Waals surface area contributed by atoms with Crippen LogP contribution in [0.15, 0.2) is 128 Å². The number of anilines is 4. The molecule has 0 bridgehead atoms. The maximum absolute atomic E-state index is 6.77. The molecule has 8 aromatic rings. The first-order valence-corrected chi connectivity index (χ1v) is 22.5. The molecule has 0 spiro atoms. The average Bonchev–Trinajstić information content (AvgIpc) is 3.78. The fourth-order valence-corrected chi connectivity index (χ4v) is 9.51. The maximum Gasteiger partial charge on any atom is 0.137 e. The molecule has 1 aliphatic rings. The van der Waals surface area contributed by atoms with Crippen molar-refractivity contribution in [3.63, 3.8) is 0 Å². The minimum Gasteiger partial charge on any atom is -0.457 e. The van der Waals surface area contributed by atoms with Crippen LogP contribution in [0.25, 0.3) is 38.8 Å². The summed E-state index contributed by atoms with van der Waals surface area (Å²) in [5.74, 6) is 3.04. The van der Waals surface area contributed by atoms with Gasteiger partial charge in [-0.05, 0) is 142 Å². The number of hydrogen-bond donors (Lipinski definition) is 0.